The van der Waals surface area contributed by atoms with E-state index in [1.54, 1.807) is 7.11 Å². The molecule has 1 rings (SSSR count). The van der Waals surface area contributed by atoms with Crippen molar-refractivity contribution >= 4 is 0 Å². The summed E-state index contributed by atoms with van der Waals surface area (Å²) in [4.78, 5) is 4.30. The van der Waals surface area contributed by atoms with Gasteiger partial charge in [-0.15, -0.1) is 0 Å². The van der Waals surface area contributed by atoms with Crippen LogP contribution in [-0.2, 0) is 11.2 Å². The van der Waals surface area contributed by atoms with Gasteiger partial charge in [0.15, 0.2) is 0 Å². The number of methoxy groups -OCH3 is 1. The second-order valence-corrected chi connectivity index (χ2v) is 3.57. The van der Waals surface area contributed by atoms with E-state index in [9.17, 15) is 0 Å². The van der Waals surface area contributed by atoms with E-state index in [1.165, 1.54) is 0 Å². The summed E-state index contributed by atoms with van der Waals surface area (Å²) >= 11 is 0. The second kappa shape index (κ2) is 5.82. The summed E-state index contributed by atoms with van der Waals surface area (Å²) in [5.74, 6) is 1.29. The molecule has 0 bridgehead atoms. The predicted molar refractivity (Wildman–Crippen MR) is 56.6 cm³/mol. The monoisotopic (exact) mass is 213 g/mol. The largest absolute Gasteiger partial charge is 0.373 e. The van der Waals surface area contributed by atoms with Crippen LogP contribution in [0.1, 0.15) is 38.1 Å². The minimum Gasteiger partial charge on any atom is -0.373 e. The third-order valence-electron chi connectivity index (χ3n) is 2.40. The Morgan fingerprint density at radius 2 is 2.27 bits per heavy atom. The van der Waals surface area contributed by atoms with Crippen molar-refractivity contribution in [2.24, 2.45) is 0 Å². The number of nitrogens with one attached hydrogen (secondary N) is 1. The first-order valence-corrected chi connectivity index (χ1v) is 5.23. The number of likely N-dealkylation sites (N-methyl/N-ethyl adjacent to an activating group) is 1. The lowest BCUT2D eigenvalue weighted by Crippen LogP contribution is -2.23. The summed E-state index contributed by atoms with van der Waals surface area (Å²) in [7, 11) is 3.56. The third-order valence-corrected chi connectivity index (χ3v) is 2.40. The highest BCUT2D eigenvalue weighted by Crippen LogP contribution is 2.16. The minimum atomic E-state index is -0.0626. The predicted octanol–water partition coefficient (Wildman–Crippen LogP) is 1.32. The SMILES string of the molecule is CCC(OC)c1noc(CC(C)NC)n1. The van der Waals surface area contributed by atoms with E-state index in [0.717, 1.165) is 12.8 Å². The molecular formula is C10H19N3O2. The summed E-state index contributed by atoms with van der Waals surface area (Å²) in [6.07, 6.45) is 1.52. The maximum absolute atomic E-state index is 5.23. The fourth-order valence-electron chi connectivity index (χ4n) is 1.30. The van der Waals surface area contributed by atoms with Gasteiger partial charge in [0.1, 0.15) is 6.10 Å². The van der Waals surface area contributed by atoms with E-state index in [1.807, 2.05) is 14.0 Å². The van der Waals surface area contributed by atoms with Gasteiger partial charge in [-0.05, 0) is 20.4 Å². The molecule has 0 saturated carbocycles. The van der Waals surface area contributed by atoms with Crippen LogP contribution in [0.4, 0.5) is 0 Å². The molecule has 5 heteroatoms. The summed E-state index contributed by atoms with van der Waals surface area (Å²) in [5, 5.41) is 7.03. The molecular weight excluding hydrogens is 194 g/mol. The normalized spacial score (nSPS) is 15.2. The third kappa shape index (κ3) is 3.28. The van der Waals surface area contributed by atoms with Gasteiger partial charge in [0.05, 0.1) is 0 Å². The average Bonchev–Trinajstić information content (AvgIpc) is 2.68. The average molecular weight is 213 g/mol. The van der Waals surface area contributed by atoms with Crippen LogP contribution in [0.3, 0.4) is 0 Å². The molecule has 0 aliphatic carbocycles. The number of hydrogen-bond donors (Lipinski definition) is 1. The Morgan fingerprint density at radius 1 is 1.53 bits per heavy atom. The molecule has 0 spiro atoms. The van der Waals surface area contributed by atoms with Crippen molar-refractivity contribution < 1.29 is 9.26 Å². The molecule has 0 amide bonds. The number of rotatable bonds is 6. The fourth-order valence-corrected chi connectivity index (χ4v) is 1.30. The van der Waals surface area contributed by atoms with E-state index < -0.39 is 0 Å². The van der Waals surface area contributed by atoms with Gasteiger partial charge in [-0.2, -0.15) is 4.98 Å². The van der Waals surface area contributed by atoms with Gasteiger partial charge < -0.3 is 14.6 Å². The first kappa shape index (κ1) is 12.1. The van der Waals surface area contributed by atoms with Crippen molar-refractivity contribution in [1.29, 1.82) is 0 Å². The van der Waals surface area contributed by atoms with Gasteiger partial charge in [-0.1, -0.05) is 12.1 Å². The van der Waals surface area contributed by atoms with Gasteiger partial charge in [0, 0.05) is 19.6 Å². The highest BCUT2D eigenvalue weighted by Gasteiger charge is 2.16. The molecule has 2 unspecified atom stereocenters. The Hall–Kier alpha value is -0.940. The van der Waals surface area contributed by atoms with Crippen molar-refractivity contribution in [1.82, 2.24) is 15.5 Å². The quantitative estimate of drug-likeness (QED) is 0.772. The van der Waals surface area contributed by atoms with Crippen molar-refractivity contribution in [3.63, 3.8) is 0 Å². The van der Waals surface area contributed by atoms with Crippen LogP contribution < -0.4 is 5.32 Å². The molecule has 0 aromatic carbocycles. The zero-order valence-corrected chi connectivity index (χ0v) is 9.78. The molecule has 5 nitrogen and oxygen atoms in total. The van der Waals surface area contributed by atoms with Crippen LogP contribution in [0.15, 0.2) is 4.52 Å². The van der Waals surface area contributed by atoms with Gasteiger partial charge in [-0.25, -0.2) is 0 Å². The van der Waals surface area contributed by atoms with Crippen molar-refractivity contribution in [3.8, 4) is 0 Å². The summed E-state index contributed by atoms with van der Waals surface area (Å²) in [6.45, 7) is 4.10. The molecule has 1 aromatic heterocycles. The molecule has 1 N–H and O–H groups in total. The Balaban J connectivity index is 2.63. The summed E-state index contributed by atoms with van der Waals surface area (Å²) < 4.78 is 10.4. The number of aromatic nitrogens is 2. The van der Waals surface area contributed by atoms with Crippen LogP contribution in [0.25, 0.3) is 0 Å². The van der Waals surface area contributed by atoms with Crippen LogP contribution in [0.2, 0.25) is 0 Å². The van der Waals surface area contributed by atoms with Crippen molar-refractivity contribution in [2.45, 2.75) is 38.8 Å². The molecule has 1 heterocycles. The maximum Gasteiger partial charge on any atom is 0.228 e. The Kier molecular flexibility index (Phi) is 4.71. The molecule has 1 aromatic rings. The van der Waals surface area contributed by atoms with Crippen molar-refractivity contribution in [3.05, 3.63) is 11.7 Å². The highest BCUT2D eigenvalue weighted by molar-refractivity contribution is 4.92. The van der Waals surface area contributed by atoms with E-state index in [2.05, 4.69) is 22.4 Å². The molecule has 0 radical (unpaired) electrons. The zero-order valence-electron chi connectivity index (χ0n) is 9.78. The first-order chi connectivity index (χ1) is 7.21. The van der Waals surface area contributed by atoms with Crippen LogP contribution in [-0.4, -0.2) is 30.3 Å². The summed E-state index contributed by atoms with van der Waals surface area (Å²) in [6, 6.07) is 0.334. The second-order valence-electron chi connectivity index (χ2n) is 3.57. The summed E-state index contributed by atoms with van der Waals surface area (Å²) in [5.41, 5.74) is 0. The first-order valence-electron chi connectivity index (χ1n) is 5.23. The lowest BCUT2D eigenvalue weighted by atomic mass is 10.2. The Morgan fingerprint density at radius 3 is 2.80 bits per heavy atom. The molecule has 15 heavy (non-hydrogen) atoms. The fraction of sp³-hybridized carbons (Fsp3) is 0.800. The highest BCUT2D eigenvalue weighted by atomic mass is 16.5. The number of nitrogens with zero attached hydrogens (tertiary/aromatic N) is 2. The van der Waals surface area contributed by atoms with E-state index in [-0.39, 0.29) is 6.10 Å². The number of hydrogen-bond acceptors (Lipinski definition) is 5. The Labute approximate surface area is 90.2 Å². The molecule has 0 saturated heterocycles. The van der Waals surface area contributed by atoms with E-state index in [0.29, 0.717) is 17.8 Å². The van der Waals surface area contributed by atoms with Crippen LogP contribution >= 0.6 is 0 Å². The van der Waals surface area contributed by atoms with E-state index in [4.69, 9.17) is 9.26 Å². The molecule has 0 aliphatic rings. The maximum atomic E-state index is 5.23. The van der Waals surface area contributed by atoms with Crippen LogP contribution in [0, 0.1) is 0 Å². The molecule has 0 fully saturated rings. The molecule has 0 aliphatic heterocycles. The van der Waals surface area contributed by atoms with E-state index >= 15 is 0 Å². The van der Waals surface area contributed by atoms with Gasteiger partial charge in [0.2, 0.25) is 11.7 Å². The minimum absolute atomic E-state index is 0.0626. The smallest absolute Gasteiger partial charge is 0.228 e. The zero-order chi connectivity index (χ0) is 11.3. The topological polar surface area (TPSA) is 60.2 Å². The van der Waals surface area contributed by atoms with Crippen molar-refractivity contribution in [2.75, 3.05) is 14.2 Å². The lowest BCUT2D eigenvalue weighted by molar-refractivity contribution is 0.0903. The Bertz CT molecular complexity index is 284. The lowest BCUT2D eigenvalue weighted by Gasteiger charge is -2.06. The van der Waals surface area contributed by atoms with Gasteiger partial charge >= 0.3 is 0 Å². The molecule has 2 atom stereocenters. The van der Waals surface area contributed by atoms with Gasteiger partial charge in [-0.3, -0.25) is 0 Å². The standard InChI is InChI=1S/C10H19N3O2/c1-5-8(14-4)10-12-9(15-13-10)6-7(2)11-3/h7-8,11H,5-6H2,1-4H3. The molecule has 86 valence electrons. The van der Waals surface area contributed by atoms with Crippen LogP contribution in [0.5, 0.6) is 0 Å². The van der Waals surface area contributed by atoms with Gasteiger partial charge in [0.25, 0.3) is 0 Å². The number of ether oxygens (including phenoxy) is 1.